The van der Waals surface area contributed by atoms with Crippen LogP contribution in [-0.4, -0.2) is 0 Å². The Morgan fingerprint density at radius 2 is 0.794 bits per heavy atom. The molecular weight excluding hydrogens is 779 g/mol. The van der Waals surface area contributed by atoms with Crippen molar-refractivity contribution in [3.63, 3.8) is 0 Å². The van der Waals surface area contributed by atoms with Crippen LogP contribution in [0.1, 0.15) is 22.3 Å². The maximum atomic E-state index is 2.48. The monoisotopic (exact) mass is 817 g/mol. The molecule has 0 radical (unpaired) electrons. The van der Waals surface area contributed by atoms with Gasteiger partial charge in [-0.2, -0.15) is 0 Å². The molecule has 63 heavy (non-hydrogen) atoms. The first-order chi connectivity index (χ1) is 31.3. The molecule has 0 saturated heterocycles. The summed E-state index contributed by atoms with van der Waals surface area (Å²) in [6.45, 7) is 0. The topological polar surface area (TPSA) is 3.24 Å². The molecule has 0 fully saturated rings. The third-order valence-electron chi connectivity index (χ3n) is 13.5. The minimum absolute atomic E-state index is 0.512. The summed E-state index contributed by atoms with van der Waals surface area (Å²) in [6.07, 6.45) is 0. The average molecular weight is 818 g/mol. The Hall–Kier alpha value is -7.78. The summed E-state index contributed by atoms with van der Waals surface area (Å²) < 4.78 is 2.65. The van der Waals surface area contributed by atoms with E-state index in [1.165, 1.54) is 97.0 Å². The van der Waals surface area contributed by atoms with E-state index >= 15 is 0 Å². The van der Waals surface area contributed by atoms with Crippen molar-refractivity contribution in [3.8, 4) is 22.3 Å². The van der Waals surface area contributed by atoms with Crippen molar-refractivity contribution in [1.29, 1.82) is 0 Å². The van der Waals surface area contributed by atoms with Crippen molar-refractivity contribution < 1.29 is 0 Å². The largest absolute Gasteiger partial charge is 0.310 e. The maximum absolute atomic E-state index is 2.48. The van der Waals surface area contributed by atoms with Gasteiger partial charge in [-0.15, -0.1) is 11.3 Å². The molecule has 0 bridgehead atoms. The van der Waals surface area contributed by atoms with Crippen LogP contribution < -0.4 is 4.90 Å². The molecule has 1 aromatic heterocycles. The normalized spacial score (nSPS) is 12.9. The second-order valence-electron chi connectivity index (χ2n) is 16.7. The van der Waals surface area contributed by atoms with Gasteiger partial charge >= 0.3 is 0 Å². The van der Waals surface area contributed by atoms with Gasteiger partial charge < -0.3 is 4.90 Å². The summed E-state index contributed by atoms with van der Waals surface area (Å²) in [5, 5.41) is 10.2. The van der Waals surface area contributed by atoms with Gasteiger partial charge in [0.1, 0.15) is 0 Å². The third kappa shape index (κ3) is 5.35. The van der Waals surface area contributed by atoms with Gasteiger partial charge in [-0.25, -0.2) is 0 Å². The van der Waals surface area contributed by atoms with E-state index in [1.54, 1.807) is 0 Å². The highest BCUT2D eigenvalue weighted by Gasteiger charge is 2.46. The van der Waals surface area contributed by atoms with Crippen LogP contribution >= 0.6 is 11.3 Å². The molecule has 0 atom stereocenters. The van der Waals surface area contributed by atoms with Gasteiger partial charge in [-0.3, -0.25) is 0 Å². The van der Waals surface area contributed by atoms with Crippen LogP contribution in [-0.2, 0) is 5.41 Å². The van der Waals surface area contributed by atoms with Gasteiger partial charge in [0.2, 0.25) is 0 Å². The van der Waals surface area contributed by atoms with Crippen molar-refractivity contribution in [2.45, 2.75) is 5.41 Å². The Balaban J connectivity index is 1.06. The van der Waals surface area contributed by atoms with Crippen LogP contribution in [0.2, 0.25) is 0 Å². The standard InChI is InChI=1S/C61H39NS/c1-3-16-41(17-4-1)61(42-18-5-2-6-19-42)57-28-13-11-24-52(57)53-37-35-45(39-58(53)61)62(44-34-36-51-49-22-8-7-20-47(49)48-21-9-10-23-50(48)56(51)38-44)43-32-30-40(31-33-43)46-26-15-27-55-54-25-12-14-29-59(54)63-60(46)55/h1-39H. The fourth-order valence-corrected chi connectivity index (χ4v) is 12.1. The zero-order valence-corrected chi connectivity index (χ0v) is 35.2. The molecule has 13 rings (SSSR count). The van der Waals surface area contributed by atoms with Gasteiger partial charge in [0.25, 0.3) is 0 Å². The number of benzene rings is 11. The number of hydrogen-bond donors (Lipinski definition) is 0. The summed E-state index contributed by atoms with van der Waals surface area (Å²) in [5.41, 5.74) is 13.0. The van der Waals surface area contributed by atoms with Crippen LogP contribution in [0.15, 0.2) is 237 Å². The lowest BCUT2D eigenvalue weighted by Crippen LogP contribution is -2.28. The molecule has 0 saturated carbocycles. The molecule has 0 unspecified atom stereocenters. The zero-order chi connectivity index (χ0) is 41.5. The van der Waals surface area contributed by atoms with E-state index in [0.717, 1.165) is 17.1 Å². The minimum Gasteiger partial charge on any atom is -0.310 e. The first-order valence-corrected chi connectivity index (χ1v) is 22.6. The smallest absolute Gasteiger partial charge is 0.0714 e. The Bertz CT molecular complexity index is 3660. The first kappa shape index (κ1) is 35.9. The van der Waals surface area contributed by atoms with Gasteiger partial charge in [-0.05, 0) is 119 Å². The lowest BCUT2D eigenvalue weighted by Gasteiger charge is -2.35. The molecule has 1 nitrogen and oxygen atoms in total. The highest BCUT2D eigenvalue weighted by Crippen LogP contribution is 2.57. The van der Waals surface area contributed by atoms with Crippen molar-refractivity contribution in [2.75, 3.05) is 4.90 Å². The van der Waals surface area contributed by atoms with Gasteiger partial charge in [0, 0.05) is 37.2 Å². The molecule has 2 heteroatoms. The Morgan fingerprint density at radius 3 is 1.49 bits per heavy atom. The zero-order valence-electron chi connectivity index (χ0n) is 34.4. The van der Waals surface area contributed by atoms with Crippen molar-refractivity contribution in [1.82, 2.24) is 0 Å². The maximum Gasteiger partial charge on any atom is 0.0714 e. The van der Waals surface area contributed by atoms with Crippen LogP contribution in [0.25, 0.3) is 74.7 Å². The number of hydrogen-bond acceptors (Lipinski definition) is 2. The highest BCUT2D eigenvalue weighted by atomic mass is 32.1. The molecule has 0 spiro atoms. The molecule has 1 heterocycles. The SMILES string of the molecule is c1ccc(C2(c3ccccc3)c3ccccc3-c3ccc(N(c4ccc(-c5cccc6c5sc5ccccc56)cc4)c4ccc5c6ccccc6c6ccccc6c5c4)cc32)cc1. The molecule has 11 aromatic carbocycles. The fraction of sp³-hybridized carbons (Fsp3) is 0.0164. The van der Waals surface area contributed by atoms with E-state index in [1.807, 2.05) is 11.3 Å². The lowest BCUT2D eigenvalue weighted by atomic mass is 9.67. The highest BCUT2D eigenvalue weighted by molar-refractivity contribution is 7.26. The van der Waals surface area contributed by atoms with E-state index in [9.17, 15) is 0 Å². The van der Waals surface area contributed by atoms with E-state index in [2.05, 4.69) is 241 Å². The first-order valence-electron chi connectivity index (χ1n) is 21.8. The van der Waals surface area contributed by atoms with Crippen LogP contribution in [0.5, 0.6) is 0 Å². The average Bonchev–Trinajstić information content (AvgIpc) is 3.89. The predicted molar refractivity (Wildman–Crippen MR) is 269 cm³/mol. The fourth-order valence-electron chi connectivity index (χ4n) is 10.8. The lowest BCUT2D eigenvalue weighted by molar-refractivity contribution is 0.768. The van der Waals surface area contributed by atoms with Gasteiger partial charge in [0.15, 0.2) is 0 Å². The summed E-state index contributed by atoms with van der Waals surface area (Å²) >= 11 is 1.88. The van der Waals surface area contributed by atoms with Crippen LogP contribution in [0.3, 0.4) is 0 Å². The van der Waals surface area contributed by atoms with Crippen molar-refractivity contribution in [2.24, 2.45) is 0 Å². The molecule has 0 amide bonds. The van der Waals surface area contributed by atoms with Gasteiger partial charge in [0.05, 0.1) is 5.41 Å². The quantitative estimate of drug-likeness (QED) is 0.151. The Kier molecular flexibility index (Phi) is 8.06. The summed E-state index contributed by atoms with van der Waals surface area (Å²) in [5.74, 6) is 0. The second kappa shape index (κ2) is 14.1. The Labute approximate surface area is 370 Å². The van der Waals surface area contributed by atoms with Crippen molar-refractivity contribution >= 4 is 80.9 Å². The van der Waals surface area contributed by atoms with Gasteiger partial charge in [-0.1, -0.05) is 194 Å². The molecule has 294 valence electrons. The molecule has 1 aliphatic rings. The van der Waals surface area contributed by atoms with Crippen LogP contribution in [0, 0.1) is 0 Å². The van der Waals surface area contributed by atoms with E-state index in [4.69, 9.17) is 0 Å². The second-order valence-corrected chi connectivity index (χ2v) is 17.8. The third-order valence-corrected chi connectivity index (χ3v) is 14.7. The minimum atomic E-state index is -0.512. The van der Waals surface area contributed by atoms with Crippen molar-refractivity contribution in [3.05, 3.63) is 259 Å². The Morgan fingerprint density at radius 1 is 0.302 bits per heavy atom. The molecule has 0 N–H and O–H groups in total. The molecule has 12 aromatic rings. The number of nitrogens with zero attached hydrogens (tertiary/aromatic N) is 1. The predicted octanol–water partition coefficient (Wildman–Crippen LogP) is 17.0. The van der Waals surface area contributed by atoms with E-state index in [0.29, 0.717) is 0 Å². The number of thiophene rings is 1. The van der Waals surface area contributed by atoms with Crippen LogP contribution in [0.4, 0.5) is 17.1 Å². The summed E-state index contributed by atoms with van der Waals surface area (Å²) in [4.78, 5) is 2.47. The summed E-state index contributed by atoms with van der Waals surface area (Å²) in [7, 11) is 0. The summed E-state index contributed by atoms with van der Waals surface area (Å²) in [6, 6.07) is 87.9. The number of fused-ring (bicyclic) bond motifs is 12. The molecule has 1 aliphatic carbocycles. The molecular formula is C61H39NS. The number of anilines is 3. The molecule has 0 aliphatic heterocycles. The number of rotatable bonds is 6. The van der Waals surface area contributed by atoms with E-state index < -0.39 is 5.41 Å². The van der Waals surface area contributed by atoms with E-state index in [-0.39, 0.29) is 0 Å².